The highest BCUT2D eigenvalue weighted by molar-refractivity contribution is 5.74. The van der Waals surface area contributed by atoms with Gasteiger partial charge in [0.25, 0.3) is 0 Å². The van der Waals surface area contributed by atoms with Gasteiger partial charge in [-0.15, -0.1) is 0 Å². The first-order chi connectivity index (χ1) is 11.6. The first kappa shape index (κ1) is 20.3. The fraction of sp³-hybridized carbons (Fsp3) is 0.444. The molecule has 0 aliphatic heterocycles. The standard InChI is InChI=1S/C18H22FNO5/c1-12(16(21)23-5)24-15-10-6-9-14(19)13(15)8-7-11-20-17(22)25-18(2,3)4/h6,9-10,12H,11H2,1-5H3,(H,20,22)/t12-/m1/s1. The van der Waals surface area contributed by atoms with E-state index in [-0.39, 0.29) is 17.9 Å². The van der Waals surface area contributed by atoms with Gasteiger partial charge < -0.3 is 19.5 Å². The van der Waals surface area contributed by atoms with Crippen LogP contribution in [-0.4, -0.2) is 37.4 Å². The molecule has 6 nitrogen and oxygen atoms in total. The maximum atomic E-state index is 14.0. The average molecular weight is 351 g/mol. The van der Waals surface area contributed by atoms with Gasteiger partial charge in [-0.1, -0.05) is 17.9 Å². The number of rotatable bonds is 4. The quantitative estimate of drug-likeness (QED) is 0.667. The molecule has 0 aromatic heterocycles. The van der Waals surface area contributed by atoms with Crippen molar-refractivity contribution in [3.8, 4) is 17.6 Å². The summed E-state index contributed by atoms with van der Waals surface area (Å²) < 4.78 is 29.0. The van der Waals surface area contributed by atoms with Crippen LogP contribution in [0, 0.1) is 17.7 Å². The number of hydrogen-bond acceptors (Lipinski definition) is 5. The van der Waals surface area contributed by atoms with E-state index >= 15 is 0 Å². The van der Waals surface area contributed by atoms with Gasteiger partial charge in [0.2, 0.25) is 0 Å². The molecular formula is C18H22FNO5. The van der Waals surface area contributed by atoms with E-state index < -0.39 is 29.6 Å². The van der Waals surface area contributed by atoms with E-state index in [4.69, 9.17) is 9.47 Å². The molecule has 0 spiro atoms. The summed E-state index contributed by atoms with van der Waals surface area (Å²) in [4.78, 5) is 22.9. The molecule has 7 heteroatoms. The Morgan fingerprint density at radius 2 is 2.00 bits per heavy atom. The molecule has 0 radical (unpaired) electrons. The van der Waals surface area contributed by atoms with Crippen molar-refractivity contribution in [1.82, 2.24) is 5.32 Å². The predicted octanol–water partition coefficient (Wildman–Crippen LogP) is 2.64. The predicted molar refractivity (Wildman–Crippen MR) is 89.6 cm³/mol. The van der Waals surface area contributed by atoms with Gasteiger partial charge in [-0.05, 0) is 39.8 Å². The minimum absolute atomic E-state index is 0.00996. The number of carbonyl (C=O) groups is 2. The van der Waals surface area contributed by atoms with Crippen molar-refractivity contribution in [2.45, 2.75) is 39.4 Å². The lowest BCUT2D eigenvalue weighted by atomic mass is 10.2. The molecule has 1 aromatic carbocycles. The van der Waals surface area contributed by atoms with Crippen LogP contribution in [0.15, 0.2) is 18.2 Å². The van der Waals surface area contributed by atoms with Crippen molar-refractivity contribution in [2.24, 2.45) is 0 Å². The number of hydrogen-bond donors (Lipinski definition) is 1. The zero-order valence-corrected chi connectivity index (χ0v) is 14.9. The molecule has 136 valence electrons. The maximum absolute atomic E-state index is 14.0. The molecule has 1 N–H and O–H groups in total. The van der Waals surface area contributed by atoms with Crippen LogP contribution >= 0.6 is 0 Å². The Kier molecular flexibility index (Phi) is 7.24. The molecule has 0 saturated carbocycles. The third kappa shape index (κ3) is 7.12. The fourth-order valence-electron chi connectivity index (χ4n) is 1.69. The summed E-state index contributed by atoms with van der Waals surface area (Å²) in [5.74, 6) is 4.14. The molecule has 1 rings (SSSR count). The van der Waals surface area contributed by atoms with Gasteiger partial charge in [-0.25, -0.2) is 14.0 Å². The van der Waals surface area contributed by atoms with E-state index in [0.717, 1.165) is 0 Å². The number of esters is 1. The molecule has 0 heterocycles. The second-order valence-corrected chi connectivity index (χ2v) is 6.05. The van der Waals surface area contributed by atoms with Gasteiger partial charge in [0.05, 0.1) is 13.7 Å². The topological polar surface area (TPSA) is 73.9 Å². The van der Waals surface area contributed by atoms with E-state index in [2.05, 4.69) is 21.9 Å². The zero-order valence-electron chi connectivity index (χ0n) is 14.9. The van der Waals surface area contributed by atoms with Crippen LogP contribution in [0.25, 0.3) is 0 Å². The summed E-state index contributed by atoms with van der Waals surface area (Å²) in [6, 6.07) is 4.16. The monoisotopic (exact) mass is 351 g/mol. The van der Waals surface area contributed by atoms with Crippen LogP contribution in [0.4, 0.5) is 9.18 Å². The van der Waals surface area contributed by atoms with E-state index in [9.17, 15) is 14.0 Å². The molecule has 1 atom stereocenters. The first-order valence-electron chi connectivity index (χ1n) is 7.62. The minimum atomic E-state index is -0.910. The summed E-state index contributed by atoms with van der Waals surface area (Å²) in [6.45, 7) is 6.67. The third-order valence-electron chi connectivity index (χ3n) is 2.75. The van der Waals surface area contributed by atoms with Crippen molar-refractivity contribution >= 4 is 12.1 Å². The van der Waals surface area contributed by atoms with E-state index in [0.29, 0.717) is 0 Å². The van der Waals surface area contributed by atoms with Crippen LogP contribution in [0.2, 0.25) is 0 Å². The molecule has 0 bridgehead atoms. The van der Waals surface area contributed by atoms with E-state index in [1.54, 1.807) is 20.8 Å². The highest BCUT2D eigenvalue weighted by atomic mass is 19.1. The van der Waals surface area contributed by atoms with Gasteiger partial charge in [-0.3, -0.25) is 0 Å². The van der Waals surface area contributed by atoms with Gasteiger partial charge in [0.15, 0.2) is 6.10 Å². The third-order valence-corrected chi connectivity index (χ3v) is 2.75. The van der Waals surface area contributed by atoms with Crippen molar-refractivity contribution in [3.05, 3.63) is 29.6 Å². The second-order valence-electron chi connectivity index (χ2n) is 6.05. The number of amides is 1. The largest absolute Gasteiger partial charge is 0.478 e. The lowest BCUT2D eigenvalue weighted by Gasteiger charge is -2.19. The smallest absolute Gasteiger partial charge is 0.408 e. The molecule has 0 unspecified atom stereocenters. The molecule has 0 aliphatic rings. The van der Waals surface area contributed by atoms with Gasteiger partial charge in [0, 0.05) is 0 Å². The number of nitrogens with one attached hydrogen (secondary N) is 1. The van der Waals surface area contributed by atoms with Crippen LogP contribution in [0.1, 0.15) is 33.3 Å². The summed E-state index contributed by atoms with van der Waals surface area (Å²) in [6.07, 6.45) is -1.53. The molecule has 0 fully saturated rings. The Labute approximate surface area is 146 Å². The number of carbonyl (C=O) groups excluding carboxylic acids is 2. The number of halogens is 1. The molecule has 25 heavy (non-hydrogen) atoms. The van der Waals surface area contributed by atoms with E-state index in [1.165, 1.54) is 32.2 Å². The normalized spacial score (nSPS) is 11.6. The molecule has 1 aromatic rings. The van der Waals surface area contributed by atoms with Gasteiger partial charge in [0.1, 0.15) is 22.7 Å². The Bertz CT molecular complexity index is 685. The van der Waals surface area contributed by atoms with Crippen molar-refractivity contribution in [1.29, 1.82) is 0 Å². The summed E-state index contributed by atoms with van der Waals surface area (Å²) in [7, 11) is 1.23. The Morgan fingerprint density at radius 3 is 2.60 bits per heavy atom. The van der Waals surface area contributed by atoms with Crippen molar-refractivity contribution in [3.63, 3.8) is 0 Å². The van der Waals surface area contributed by atoms with Gasteiger partial charge in [-0.2, -0.15) is 0 Å². The van der Waals surface area contributed by atoms with Crippen molar-refractivity contribution in [2.75, 3.05) is 13.7 Å². The highest BCUT2D eigenvalue weighted by Crippen LogP contribution is 2.21. The maximum Gasteiger partial charge on any atom is 0.408 e. The molecular weight excluding hydrogens is 329 g/mol. The number of ether oxygens (including phenoxy) is 3. The first-order valence-corrected chi connectivity index (χ1v) is 7.62. The summed E-state index contributed by atoms with van der Waals surface area (Å²) >= 11 is 0. The number of alkyl carbamates (subject to hydrolysis) is 1. The number of benzene rings is 1. The zero-order chi connectivity index (χ0) is 19.0. The fourth-order valence-corrected chi connectivity index (χ4v) is 1.69. The lowest BCUT2D eigenvalue weighted by molar-refractivity contribution is -0.147. The average Bonchev–Trinajstić information content (AvgIpc) is 2.50. The Morgan fingerprint density at radius 1 is 1.32 bits per heavy atom. The highest BCUT2D eigenvalue weighted by Gasteiger charge is 2.18. The summed E-state index contributed by atoms with van der Waals surface area (Å²) in [5, 5.41) is 2.44. The number of methoxy groups -OCH3 is 1. The summed E-state index contributed by atoms with van der Waals surface area (Å²) in [5.41, 5.74) is -0.627. The van der Waals surface area contributed by atoms with Crippen LogP contribution in [0.3, 0.4) is 0 Å². The SMILES string of the molecule is COC(=O)[C@@H](C)Oc1cccc(F)c1C#CCNC(=O)OC(C)(C)C. The van der Waals surface area contributed by atoms with Crippen molar-refractivity contribution < 1.29 is 28.2 Å². The lowest BCUT2D eigenvalue weighted by Crippen LogP contribution is -2.32. The molecule has 1 amide bonds. The minimum Gasteiger partial charge on any atom is -0.478 e. The Balaban J connectivity index is 2.79. The second kappa shape index (κ2) is 8.92. The Hall–Kier alpha value is -2.75. The van der Waals surface area contributed by atoms with Crippen LogP contribution < -0.4 is 10.1 Å². The molecule has 0 saturated heterocycles. The van der Waals surface area contributed by atoms with Crippen LogP contribution in [-0.2, 0) is 14.3 Å². The van der Waals surface area contributed by atoms with Gasteiger partial charge >= 0.3 is 12.1 Å². The molecule has 0 aliphatic carbocycles. The van der Waals surface area contributed by atoms with Crippen LogP contribution in [0.5, 0.6) is 5.75 Å². The van der Waals surface area contributed by atoms with E-state index in [1.807, 2.05) is 0 Å².